The third-order valence-electron chi connectivity index (χ3n) is 7.46. The van der Waals surface area contributed by atoms with Crippen LogP contribution in [0.3, 0.4) is 0 Å². The van der Waals surface area contributed by atoms with Gasteiger partial charge in [0.05, 0.1) is 0 Å². The van der Waals surface area contributed by atoms with Crippen molar-refractivity contribution in [2.24, 2.45) is 0 Å². The lowest BCUT2D eigenvalue weighted by atomic mass is 9.80. The molecule has 0 nitrogen and oxygen atoms in total. The van der Waals surface area contributed by atoms with Crippen LogP contribution in [0, 0.1) is 0 Å². The maximum absolute atomic E-state index is 2.35. The van der Waals surface area contributed by atoms with Crippen molar-refractivity contribution in [3.8, 4) is 44.5 Å². The van der Waals surface area contributed by atoms with Crippen LogP contribution in [0.5, 0.6) is 0 Å². The Labute approximate surface area is 201 Å². The lowest BCUT2D eigenvalue weighted by Crippen LogP contribution is -2.15. The van der Waals surface area contributed by atoms with Gasteiger partial charge in [-0.3, -0.25) is 0 Å². The summed E-state index contributed by atoms with van der Waals surface area (Å²) in [4.78, 5) is 0. The van der Waals surface area contributed by atoms with Crippen molar-refractivity contribution < 1.29 is 0 Å². The Kier molecular flexibility index (Phi) is 4.14. The smallest absolute Gasteiger partial charge is 0.0818 e. The molecule has 0 aliphatic heterocycles. The first-order valence-electron chi connectivity index (χ1n) is 12.0. The zero-order chi connectivity index (χ0) is 22.8. The normalized spacial score (nSPS) is 11.8. The molecule has 0 N–H and O–H groups in total. The zero-order valence-electron chi connectivity index (χ0n) is 19.4. The van der Waals surface area contributed by atoms with Crippen LogP contribution >= 0.6 is 0 Å². The summed E-state index contributed by atoms with van der Waals surface area (Å²) in [6.07, 6.45) is 0. The molecule has 0 bridgehead atoms. The second-order valence-electron chi connectivity index (χ2n) is 9.39. The third-order valence-corrected chi connectivity index (χ3v) is 7.46. The van der Waals surface area contributed by atoms with Crippen LogP contribution in [0.4, 0.5) is 0 Å². The summed E-state index contributed by atoms with van der Waals surface area (Å²) in [5, 5.41) is 5.42. The topological polar surface area (TPSA) is 0 Å². The average molecular weight is 428 g/mol. The van der Waals surface area contributed by atoms with E-state index in [1.807, 2.05) is 0 Å². The van der Waals surface area contributed by atoms with E-state index in [0.717, 1.165) is 0 Å². The van der Waals surface area contributed by atoms with E-state index < -0.39 is 0 Å². The number of benzene rings is 6. The van der Waals surface area contributed by atoms with Gasteiger partial charge in [-0.1, -0.05) is 120 Å². The first kappa shape index (κ1) is 19.4. The monoisotopic (exact) mass is 428 g/mol. The molecule has 0 amide bonds. The lowest BCUT2D eigenvalue weighted by molar-refractivity contribution is 1.62. The second kappa shape index (κ2) is 7.23. The molecule has 2 heteroatoms. The van der Waals surface area contributed by atoms with Crippen LogP contribution in [0.2, 0.25) is 0 Å². The minimum atomic E-state index is 1.27. The number of hydrogen-bond donors (Lipinski definition) is 0. The van der Waals surface area contributed by atoms with Crippen LogP contribution in [0.15, 0.2) is 109 Å². The van der Waals surface area contributed by atoms with E-state index in [9.17, 15) is 0 Å². The van der Waals surface area contributed by atoms with E-state index in [-0.39, 0.29) is 0 Å². The van der Waals surface area contributed by atoms with E-state index in [1.54, 1.807) is 0 Å². The van der Waals surface area contributed by atoms with E-state index in [4.69, 9.17) is 0 Å². The van der Waals surface area contributed by atoms with Crippen molar-refractivity contribution in [2.45, 2.75) is 0 Å². The lowest BCUT2D eigenvalue weighted by Gasteiger charge is -2.20. The summed E-state index contributed by atoms with van der Waals surface area (Å²) < 4.78 is 0. The van der Waals surface area contributed by atoms with E-state index in [2.05, 4.69) is 125 Å². The van der Waals surface area contributed by atoms with Crippen molar-refractivity contribution in [1.29, 1.82) is 0 Å². The maximum Gasteiger partial charge on any atom is 0.140 e. The zero-order valence-corrected chi connectivity index (χ0v) is 19.4. The van der Waals surface area contributed by atoms with Gasteiger partial charge in [-0.05, 0) is 66.1 Å². The van der Waals surface area contributed by atoms with Crippen molar-refractivity contribution in [1.82, 2.24) is 0 Å². The van der Waals surface area contributed by atoms with E-state index in [0.29, 0.717) is 0 Å². The molecule has 0 aromatic heterocycles. The predicted octanol–water partition coefficient (Wildman–Crippen LogP) is 5.49. The van der Waals surface area contributed by atoms with Gasteiger partial charge >= 0.3 is 0 Å². The highest BCUT2D eigenvalue weighted by molar-refractivity contribution is 6.50. The van der Waals surface area contributed by atoms with Crippen LogP contribution in [0.25, 0.3) is 66.1 Å². The molecular formula is C32H22B2. The van der Waals surface area contributed by atoms with Gasteiger partial charge in [0.15, 0.2) is 0 Å². The third kappa shape index (κ3) is 2.57. The molecule has 0 atom stereocenters. The maximum atomic E-state index is 2.35. The van der Waals surface area contributed by atoms with Crippen LogP contribution in [0.1, 0.15) is 0 Å². The van der Waals surface area contributed by atoms with Crippen molar-refractivity contribution in [3.63, 3.8) is 0 Å². The Balaban J connectivity index is 1.78. The fraction of sp³-hybridized carbons (Fsp3) is 0. The van der Waals surface area contributed by atoms with Gasteiger partial charge in [0.25, 0.3) is 0 Å². The molecule has 1 aliphatic carbocycles. The van der Waals surface area contributed by atoms with E-state index in [1.165, 1.54) is 77.0 Å². The molecule has 1 aliphatic rings. The quantitative estimate of drug-likeness (QED) is 0.320. The highest BCUT2D eigenvalue weighted by Crippen LogP contribution is 2.57. The van der Waals surface area contributed by atoms with Gasteiger partial charge < -0.3 is 0 Å². The summed E-state index contributed by atoms with van der Waals surface area (Å²) in [6, 6.07) is 40.1. The van der Waals surface area contributed by atoms with Gasteiger partial charge in [0.1, 0.15) is 15.7 Å². The van der Waals surface area contributed by atoms with Crippen molar-refractivity contribution >= 4 is 48.2 Å². The standard InChI is InChI=1S/C32H22B2/c33-25-17-15-23-29-24(16-18-26(34)32(25)29)31-28(20-11-5-2-6-12-20)22-14-8-7-13-21(22)27(30(23)31)19-9-3-1-4-10-19/h1-18H,33-34H2. The summed E-state index contributed by atoms with van der Waals surface area (Å²) in [6.45, 7) is 0. The predicted molar refractivity (Wildman–Crippen MR) is 153 cm³/mol. The SMILES string of the molecule is Bc1ccc2c3c(ccc(B)c13)-c1c-2c(-c2ccccc2)c2ccccc2c1-c1ccccc1. The summed E-state index contributed by atoms with van der Waals surface area (Å²) in [7, 11) is 4.48. The van der Waals surface area contributed by atoms with Gasteiger partial charge in [-0.25, -0.2) is 0 Å². The largest absolute Gasteiger partial charge is 0.140 e. The van der Waals surface area contributed by atoms with Gasteiger partial charge in [0, 0.05) is 0 Å². The Morgan fingerprint density at radius 3 is 1.21 bits per heavy atom. The fourth-order valence-electron chi connectivity index (χ4n) is 6.07. The number of fused-ring (bicyclic) bond motifs is 4. The van der Waals surface area contributed by atoms with Crippen LogP contribution in [-0.2, 0) is 0 Å². The van der Waals surface area contributed by atoms with Gasteiger partial charge in [-0.2, -0.15) is 0 Å². The summed E-state index contributed by atoms with van der Waals surface area (Å²) in [5.74, 6) is 0. The highest BCUT2D eigenvalue weighted by Gasteiger charge is 2.30. The minimum absolute atomic E-state index is 1.27. The molecule has 6 aromatic carbocycles. The molecule has 6 aromatic rings. The summed E-state index contributed by atoms with van der Waals surface area (Å²) in [5.41, 5.74) is 13.4. The Morgan fingerprint density at radius 2 is 0.765 bits per heavy atom. The van der Waals surface area contributed by atoms with Gasteiger partial charge in [-0.15, -0.1) is 0 Å². The Bertz CT molecular complexity index is 1620. The molecule has 34 heavy (non-hydrogen) atoms. The molecule has 0 heterocycles. The molecule has 0 saturated carbocycles. The molecule has 0 saturated heterocycles. The second-order valence-corrected chi connectivity index (χ2v) is 9.39. The number of hydrogen-bond acceptors (Lipinski definition) is 0. The first-order chi connectivity index (χ1) is 16.7. The minimum Gasteiger partial charge on any atom is -0.0818 e. The average Bonchev–Trinajstić information content (AvgIpc) is 3.21. The molecule has 7 rings (SSSR count). The Hall–Kier alpha value is -4.03. The molecule has 0 unspecified atom stereocenters. The number of rotatable bonds is 2. The van der Waals surface area contributed by atoms with Crippen molar-refractivity contribution in [2.75, 3.05) is 0 Å². The highest BCUT2D eigenvalue weighted by atomic mass is 14.3. The molecular weight excluding hydrogens is 406 g/mol. The first-order valence-corrected chi connectivity index (χ1v) is 12.0. The Morgan fingerprint density at radius 1 is 0.353 bits per heavy atom. The molecule has 0 spiro atoms. The molecule has 0 radical (unpaired) electrons. The molecule has 0 fully saturated rings. The molecule has 156 valence electrons. The summed E-state index contributed by atoms with van der Waals surface area (Å²) >= 11 is 0. The van der Waals surface area contributed by atoms with Crippen LogP contribution in [-0.4, -0.2) is 15.7 Å². The van der Waals surface area contributed by atoms with Crippen LogP contribution < -0.4 is 10.9 Å². The fourth-order valence-corrected chi connectivity index (χ4v) is 6.07. The van der Waals surface area contributed by atoms with Gasteiger partial charge in [0.2, 0.25) is 0 Å². The van der Waals surface area contributed by atoms with Crippen molar-refractivity contribution in [3.05, 3.63) is 109 Å². The van der Waals surface area contributed by atoms with E-state index >= 15 is 0 Å².